The first-order valence-electron chi connectivity index (χ1n) is 45.6. The third-order valence-electron chi connectivity index (χ3n) is 26.3. The van der Waals surface area contributed by atoms with E-state index >= 15 is 0 Å². The number of nitro benzene ring substituents is 3. The minimum absolute atomic E-state index is 0.0240. The first kappa shape index (κ1) is 100. The summed E-state index contributed by atoms with van der Waals surface area (Å²) in [7, 11) is 10.7. The number of amides is 5. The number of halogens is 1. The van der Waals surface area contributed by atoms with Crippen molar-refractivity contribution in [3.8, 4) is 6.07 Å². The van der Waals surface area contributed by atoms with Crippen LogP contribution >= 0.6 is 11.6 Å². The van der Waals surface area contributed by atoms with Crippen molar-refractivity contribution in [2.24, 2.45) is 23.5 Å². The van der Waals surface area contributed by atoms with Crippen molar-refractivity contribution >= 4 is 64.4 Å². The van der Waals surface area contributed by atoms with Crippen molar-refractivity contribution in [1.82, 2.24) is 54.9 Å². The number of benzene rings is 5. The highest BCUT2D eigenvalue weighted by Crippen LogP contribution is 2.38. The van der Waals surface area contributed by atoms with Gasteiger partial charge in [0, 0.05) is 160 Å². The predicted octanol–water partition coefficient (Wildman–Crippen LogP) is 15.9. The second-order valence-electron chi connectivity index (χ2n) is 35.7. The Morgan fingerprint density at radius 3 is 1.24 bits per heavy atom. The molecular weight excluding hydrogens is 1630 g/mol. The van der Waals surface area contributed by atoms with Crippen LogP contribution in [-0.2, 0) is 37.1 Å². The lowest BCUT2D eigenvalue weighted by molar-refractivity contribution is -0.385. The summed E-state index contributed by atoms with van der Waals surface area (Å²) in [6.07, 6.45) is 23.5. The number of nitriles is 1. The lowest BCUT2D eigenvalue weighted by atomic mass is 9.87. The van der Waals surface area contributed by atoms with Crippen LogP contribution in [0, 0.1) is 59.4 Å². The molecule has 7 saturated heterocycles. The lowest BCUT2D eigenvalue weighted by Crippen LogP contribution is -2.52. The smallest absolute Gasteiger partial charge is 0.410 e. The molecule has 4 N–H and O–H groups in total. The van der Waals surface area contributed by atoms with Gasteiger partial charge in [0.15, 0.2) is 10.8 Å². The Kier molecular flexibility index (Phi) is 40.4. The number of non-ortho nitro benzene ring substituents is 3. The van der Waals surface area contributed by atoms with Crippen molar-refractivity contribution in [2.45, 2.75) is 236 Å². The Morgan fingerprint density at radius 1 is 0.480 bits per heavy atom. The molecule has 0 unspecified atom stereocenters. The fourth-order valence-corrected chi connectivity index (χ4v) is 17.8. The Hall–Kier alpha value is -10.3. The maximum atomic E-state index is 12.4. The Balaban J connectivity index is 0.000000168. The van der Waals surface area contributed by atoms with Gasteiger partial charge in [-0.1, -0.05) is 109 Å². The Bertz CT molecular complexity index is 4380. The van der Waals surface area contributed by atoms with E-state index in [4.69, 9.17) is 32.1 Å². The molecule has 5 amide bonds. The zero-order valence-corrected chi connectivity index (χ0v) is 76.9. The fourth-order valence-electron chi connectivity index (χ4n) is 17.6. The number of nitrogens with zero attached hydrogens (tertiary/aromatic N) is 14. The van der Waals surface area contributed by atoms with Crippen LogP contribution in [0.25, 0.3) is 0 Å². The largest absolute Gasteiger partial charge is 0.445 e. The van der Waals surface area contributed by atoms with Crippen molar-refractivity contribution < 1.29 is 48.2 Å². The molecule has 6 aromatic rings. The van der Waals surface area contributed by atoms with E-state index in [9.17, 15) is 54.3 Å². The number of anilines is 1. The van der Waals surface area contributed by atoms with Crippen LogP contribution < -0.4 is 21.3 Å². The van der Waals surface area contributed by atoms with Gasteiger partial charge < -0.3 is 65.0 Å². The van der Waals surface area contributed by atoms with Gasteiger partial charge in [-0.05, 0) is 252 Å². The first-order valence-corrected chi connectivity index (χ1v) is 46.0. The maximum absolute atomic E-state index is 12.4. The number of carbonyl (C=O) groups is 5. The predicted molar refractivity (Wildman–Crippen MR) is 494 cm³/mol. The van der Waals surface area contributed by atoms with E-state index < -0.39 is 0 Å². The van der Waals surface area contributed by atoms with E-state index in [2.05, 4.69) is 49.1 Å². The minimum Gasteiger partial charge on any atom is -0.445 e. The van der Waals surface area contributed by atoms with Crippen LogP contribution in [0.2, 0.25) is 5.15 Å². The van der Waals surface area contributed by atoms with Crippen LogP contribution in [0.15, 0.2) is 140 Å². The highest BCUT2D eigenvalue weighted by Gasteiger charge is 2.38. The highest BCUT2D eigenvalue weighted by molar-refractivity contribution is 6.30. The zero-order chi connectivity index (χ0) is 91.6. The van der Waals surface area contributed by atoms with E-state index in [0.29, 0.717) is 67.9 Å². The summed E-state index contributed by atoms with van der Waals surface area (Å²) in [5, 5.41) is 47.4. The molecule has 31 heteroatoms. The number of carbonyl (C=O) groups excluding carboxylic acids is 5. The first-order chi connectivity index (χ1) is 61.0. The minimum atomic E-state index is -0.355. The number of hydrogen-bond acceptors (Lipinski definition) is 22. The van der Waals surface area contributed by atoms with Crippen LogP contribution in [0.5, 0.6) is 0 Å². The summed E-state index contributed by atoms with van der Waals surface area (Å²) in [6, 6.07) is 45.0. The zero-order valence-electron chi connectivity index (χ0n) is 76.1. The van der Waals surface area contributed by atoms with Gasteiger partial charge in [-0.15, -0.1) is 0 Å². The molecule has 2 aliphatic carbocycles. The molecule has 2 saturated carbocycles. The summed E-state index contributed by atoms with van der Waals surface area (Å²) in [6.45, 7) is 19.1. The van der Waals surface area contributed by atoms with E-state index in [1.165, 1.54) is 107 Å². The third-order valence-corrected chi connectivity index (χ3v) is 26.6. The second kappa shape index (κ2) is 51.0. The summed E-state index contributed by atoms with van der Waals surface area (Å²) < 4.78 is 10.7. The number of likely N-dealkylation sites (tertiary alicyclic amines) is 4. The summed E-state index contributed by atoms with van der Waals surface area (Å²) in [4.78, 5) is 114. The Morgan fingerprint density at radius 2 is 0.858 bits per heavy atom. The molecule has 127 heavy (non-hydrogen) atoms. The number of rotatable bonds is 19. The molecule has 8 atom stereocenters. The molecule has 30 nitrogen and oxygen atoms in total. The SMILES string of the molecule is C[C@@H]1[C@H](CC(=O)N(C)C)CCCN1C(=O)OCc1ccccc1.C[C@@H]1[C@H](CC(=O)N(C)C)CCCN1c1cnc(C#N)c(Cl)n1.C[C@@H]1[C@H](N)CCCN1C(=O)OCc1ccccc1.C[C@H]1NCCC[C@H]1CC(=O)N(C)C.O=[N+]([O-])c1ccc(C2CCN(C3CC3)CC2)cc1.O=[N+]([O-])c1ccc(C2CCN(C3CC3)CC2)cc1.O=[N+]([O-])c1ccc(C2CCNCC2)cc1. The van der Waals surface area contributed by atoms with Crippen LogP contribution in [0.1, 0.15) is 214 Å². The molecule has 5 aromatic carbocycles. The normalized spacial score (nSPS) is 22.1. The van der Waals surface area contributed by atoms with Gasteiger partial charge in [0.2, 0.25) is 17.7 Å². The topological polar surface area (TPSA) is 359 Å². The lowest BCUT2D eigenvalue weighted by Gasteiger charge is -2.40. The molecule has 0 spiro atoms. The van der Waals surface area contributed by atoms with Gasteiger partial charge >= 0.3 is 12.2 Å². The van der Waals surface area contributed by atoms with Gasteiger partial charge in [0.1, 0.15) is 25.1 Å². The quantitative estimate of drug-likeness (QED) is 0.0501. The van der Waals surface area contributed by atoms with Gasteiger partial charge in [-0.3, -0.25) is 44.7 Å². The van der Waals surface area contributed by atoms with E-state index in [1.54, 1.807) is 95.3 Å². The number of aromatic nitrogens is 2. The van der Waals surface area contributed by atoms with E-state index in [-0.39, 0.29) is 115 Å². The summed E-state index contributed by atoms with van der Waals surface area (Å²) in [5.41, 5.74) is 12.4. The number of hydrogen-bond donors (Lipinski definition) is 3. The fraction of sp³-hybridized carbons (Fsp3) is 0.583. The van der Waals surface area contributed by atoms with Crippen LogP contribution in [0.3, 0.4) is 0 Å². The highest BCUT2D eigenvalue weighted by atomic mass is 35.5. The molecule has 1 aromatic heterocycles. The summed E-state index contributed by atoms with van der Waals surface area (Å²) >= 11 is 5.98. The number of nitro groups is 3. The molecule has 690 valence electrons. The van der Waals surface area contributed by atoms with E-state index in [1.807, 2.05) is 131 Å². The molecule has 15 rings (SSSR count). The number of ether oxygens (including phenoxy) is 2. The maximum Gasteiger partial charge on any atom is 0.410 e. The molecule has 0 radical (unpaired) electrons. The average molecular weight is 1770 g/mol. The average Bonchev–Trinajstić information content (AvgIpc) is 1.64. The van der Waals surface area contributed by atoms with Crippen LogP contribution in [0.4, 0.5) is 32.5 Å². The van der Waals surface area contributed by atoms with Gasteiger partial charge in [-0.2, -0.15) is 5.26 Å². The van der Waals surface area contributed by atoms with Crippen molar-refractivity contribution in [3.05, 3.63) is 209 Å². The molecule has 9 fully saturated rings. The van der Waals surface area contributed by atoms with Crippen molar-refractivity contribution in [2.75, 3.05) is 113 Å². The molecular formula is C96H136ClN17O13. The second-order valence-corrected chi connectivity index (χ2v) is 36.1. The Labute approximate surface area is 755 Å². The number of nitrogens with one attached hydrogen (secondary N) is 2. The monoisotopic (exact) mass is 1770 g/mol. The number of nitrogens with two attached hydrogens (primary N) is 1. The molecule has 9 aliphatic rings. The van der Waals surface area contributed by atoms with Gasteiger partial charge in [0.25, 0.3) is 17.1 Å². The summed E-state index contributed by atoms with van der Waals surface area (Å²) in [5.74, 6) is 3.91. The van der Waals surface area contributed by atoms with Crippen molar-refractivity contribution in [3.63, 3.8) is 0 Å². The van der Waals surface area contributed by atoms with Crippen molar-refractivity contribution in [1.29, 1.82) is 5.26 Å². The van der Waals surface area contributed by atoms with Gasteiger partial charge in [-0.25, -0.2) is 19.6 Å². The molecule has 8 heterocycles. The van der Waals surface area contributed by atoms with E-state index in [0.717, 1.165) is 107 Å². The third kappa shape index (κ3) is 32.2. The van der Waals surface area contributed by atoms with Crippen LogP contribution in [-0.4, -0.2) is 239 Å². The molecule has 0 bridgehead atoms. The molecule has 7 aliphatic heterocycles. The van der Waals surface area contributed by atoms with Gasteiger partial charge in [0.05, 0.1) is 21.0 Å². The number of piperidine rings is 7. The standard InChI is InChI=1S/C18H26N2O3.C15H20ClN5O.2C14H18N2O2.C14H20N2O2.C11H14N2O2.C10H20N2O/c1-14-16(12-17(21)19(2)3)10-7-11-20(14)18(22)23-13-15-8-5-4-6-9-15;1-10-11(7-14(22)20(2)3)5-4-6-21(10)13-9-18-12(8-17)15(16)19-13;2*17-16(18)14-3-1-11(2-4-14)12-7-9-15(10-8-12)13-5-6-13;1-11-13(15)8-5-9-16(11)14(17)18-10-12-6-3-2-4-7-12;14-13(15)11-3-1-9(2-4-11)10-5-7-12-8-6-10;1-8-9(5-4-6-11-8)7-10(13)12(2)3/h4-6,8-9,14,16H,7,10-13H2,1-3H3;9-11H,4-7H2,1-3H3;2*1-4,12-13H,5-10H2;2-4,6-7,11,13H,5,8-10,15H2,1H3;1-4,10,12H,5-8H2;8-9,11H,4-7H2,1-3H3/t14-,16+;10-,11+;;;11-,13-;;8-,9+/m11..1.1/s1.